The Kier molecular flexibility index (Phi) is 5.74. The van der Waals surface area contributed by atoms with E-state index in [1.165, 1.54) is 0 Å². The molecule has 0 fully saturated rings. The molecular formula is C21H26N4O3. The molecule has 3 aromatic rings. The van der Waals surface area contributed by atoms with E-state index in [0.29, 0.717) is 29.4 Å². The molecule has 0 N–H and O–H groups in total. The molecule has 0 saturated heterocycles. The number of fused-ring (bicyclic) bond motifs is 1. The largest absolute Gasteiger partial charge is 0.481 e. The third-order valence-electron chi connectivity index (χ3n) is 4.97. The highest BCUT2D eigenvalue weighted by Crippen LogP contribution is 2.31. The van der Waals surface area contributed by atoms with Crippen LogP contribution in [0.1, 0.15) is 36.3 Å². The van der Waals surface area contributed by atoms with Crippen molar-refractivity contribution in [2.75, 3.05) is 20.8 Å². The monoisotopic (exact) mass is 382 g/mol. The van der Waals surface area contributed by atoms with Crippen molar-refractivity contribution < 1.29 is 9.47 Å². The van der Waals surface area contributed by atoms with Crippen molar-refractivity contribution in [3.63, 3.8) is 0 Å². The SMILES string of the molecule is CC[C@H](COC)n1c(=O)c(C)nc2c(-c3cc(C)c(OC)nc3C)nccc21. The number of pyridine rings is 2. The summed E-state index contributed by atoms with van der Waals surface area (Å²) in [6.45, 7) is 8.09. The van der Waals surface area contributed by atoms with Gasteiger partial charge in [-0.2, -0.15) is 0 Å². The highest BCUT2D eigenvalue weighted by molar-refractivity contribution is 5.90. The fourth-order valence-electron chi connectivity index (χ4n) is 3.50. The summed E-state index contributed by atoms with van der Waals surface area (Å²) in [6, 6.07) is 3.76. The average molecular weight is 382 g/mol. The first kappa shape index (κ1) is 19.9. The van der Waals surface area contributed by atoms with Gasteiger partial charge >= 0.3 is 0 Å². The molecule has 1 atom stereocenters. The number of rotatable bonds is 6. The minimum Gasteiger partial charge on any atom is -0.481 e. The molecule has 0 aliphatic heterocycles. The predicted molar refractivity (Wildman–Crippen MR) is 109 cm³/mol. The van der Waals surface area contributed by atoms with Gasteiger partial charge in [-0.15, -0.1) is 0 Å². The van der Waals surface area contributed by atoms with Crippen molar-refractivity contribution >= 4 is 11.0 Å². The standard InChI is InChI=1S/C21H26N4O3/c1-7-15(11-27-5)25-17-8-9-22-18(19(17)23-14(4)21(25)26)16-10-12(2)20(28-6)24-13(16)3/h8-10,15H,7,11H2,1-6H3/t15-/m1/s1. The first-order valence-corrected chi connectivity index (χ1v) is 9.32. The van der Waals surface area contributed by atoms with Crippen molar-refractivity contribution in [1.29, 1.82) is 0 Å². The number of hydrogen-bond acceptors (Lipinski definition) is 6. The Morgan fingerprint density at radius 2 is 1.89 bits per heavy atom. The highest BCUT2D eigenvalue weighted by Gasteiger charge is 2.20. The van der Waals surface area contributed by atoms with Gasteiger partial charge in [0.1, 0.15) is 11.2 Å². The second kappa shape index (κ2) is 8.06. The summed E-state index contributed by atoms with van der Waals surface area (Å²) in [6.07, 6.45) is 2.48. The summed E-state index contributed by atoms with van der Waals surface area (Å²) in [5.74, 6) is 0.591. The Morgan fingerprint density at radius 1 is 1.14 bits per heavy atom. The maximum Gasteiger partial charge on any atom is 0.272 e. The summed E-state index contributed by atoms with van der Waals surface area (Å²) in [5.41, 5.74) is 5.06. The lowest BCUT2D eigenvalue weighted by molar-refractivity contribution is 0.153. The fraction of sp³-hybridized carbons (Fsp3) is 0.429. The lowest BCUT2D eigenvalue weighted by Crippen LogP contribution is -2.30. The summed E-state index contributed by atoms with van der Waals surface area (Å²) >= 11 is 0. The lowest BCUT2D eigenvalue weighted by atomic mass is 10.1. The molecule has 148 valence electrons. The van der Waals surface area contributed by atoms with Gasteiger partial charge in [0.2, 0.25) is 5.88 Å². The number of aryl methyl sites for hydroxylation is 3. The summed E-state index contributed by atoms with van der Waals surface area (Å²) in [4.78, 5) is 26.6. The molecule has 0 radical (unpaired) electrons. The molecule has 3 rings (SSSR count). The maximum absolute atomic E-state index is 12.9. The number of hydrogen-bond donors (Lipinski definition) is 0. The van der Waals surface area contributed by atoms with E-state index in [1.54, 1.807) is 31.9 Å². The van der Waals surface area contributed by atoms with Crippen LogP contribution in [0, 0.1) is 20.8 Å². The van der Waals surface area contributed by atoms with Crippen LogP contribution in [0.4, 0.5) is 0 Å². The molecule has 0 bridgehead atoms. The van der Waals surface area contributed by atoms with Crippen molar-refractivity contribution in [2.24, 2.45) is 0 Å². The molecule has 0 aliphatic carbocycles. The minimum absolute atomic E-state index is 0.0752. The molecule has 7 nitrogen and oxygen atoms in total. The van der Waals surface area contributed by atoms with Crippen molar-refractivity contribution in [1.82, 2.24) is 19.5 Å². The third kappa shape index (κ3) is 3.38. The van der Waals surface area contributed by atoms with Gasteiger partial charge in [-0.3, -0.25) is 14.3 Å². The van der Waals surface area contributed by atoms with Gasteiger partial charge in [-0.25, -0.2) is 9.97 Å². The van der Waals surface area contributed by atoms with E-state index in [2.05, 4.69) is 15.0 Å². The number of aromatic nitrogens is 4. The predicted octanol–water partition coefficient (Wildman–Crippen LogP) is 3.38. The average Bonchev–Trinajstić information content (AvgIpc) is 2.69. The van der Waals surface area contributed by atoms with Gasteiger partial charge in [-0.05, 0) is 39.3 Å². The second-order valence-electron chi connectivity index (χ2n) is 6.86. The first-order valence-electron chi connectivity index (χ1n) is 9.32. The lowest BCUT2D eigenvalue weighted by Gasteiger charge is -2.21. The van der Waals surface area contributed by atoms with E-state index in [1.807, 2.05) is 32.9 Å². The molecule has 0 aromatic carbocycles. The van der Waals surface area contributed by atoms with E-state index in [0.717, 1.165) is 28.8 Å². The number of nitrogens with zero attached hydrogens (tertiary/aromatic N) is 4. The third-order valence-corrected chi connectivity index (χ3v) is 4.97. The normalized spacial score (nSPS) is 12.4. The van der Waals surface area contributed by atoms with Crippen LogP contribution in [0.5, 0.6) is 5.88 Å². The molecule has 0 unspecified atom stereocenters. The smallest absolute Gasteiger partial charge is 0.272 e. The molecule has 0 amide bonds. The van der Waals surface area contributed by atoms with Crippen LogP contribution in [-0.2, 0) is 4.74 Å². The van der Waals surface area contributed by atoms with E-state index in [-0.39, 0.29) is 11.6 Å². The Balaban J connectivity index is 2.35. The van der Waals surface area contributed by atoms with Gasteiger partial charge < -0.3 is 9.47 Å². The van der Waals surface area contributed by atoms with Crippen molar-refractivity contribution in [2.45, 2.75) is 40.2 Å². The minimum atomic E-state index is -0.102. The first-order chi connectivity index (χ1) is 13.4. The summed E-state index contributed by atoms with van der Waals surface area (Å²) in [7, 11) is 3.25. The summed E-state index contributed by atoms with van der Waals surface area (Å²) < 4.78 is 12.5. The Bertz CT molecular complexity index is 1080. The maximum atomic E-state index is 12.9. The quantitative estimate of drug-likeness (QED) is 0.650. The highest BCUT2D eigenvalue weighted by atomic mass is 16.5. The zero-order valence-corrected chi connectivity index (χ0v) is 17.2. The number of ether oxygens (including phenoxy) is 2. The van der Waals surface area contributed by atoms with E-state index in [9.17, 15) is 4.79 Å². The van der Waals surface area contributed by atoms with Crippen LogP contribution in [-0.4, -0.2) is 40.3 Å². The molecule has 0 saturated carbocycles. The second-order valence-corrected chi connectivity index (χ2v) is 6.86. The Morgan fingerprint density at radius 3 is 2.54 bits per heavy atom. The van der Waals surface area contributed by atoms with E-state index >= 15 is 0 Å². The molecular weight excluding hydrogens is 356 g/mol. The van der Waals surface area contributed by atoms with Crippen LogP contribution >= 0.6 is 0 Å². The van der Waals surface area contributed by atoms with Crippen molar-refractivity contribution in [3.8, 4) is 17.1 Å². The molecule has 0 spiro atoms. The molecule has 3 heterocycles. The summed E-state index contributed by atoms with van der Waals surface area (Å²) in [5, 5.41) is 0. The van der Waals surface area contributed by atoms with Crippen LogP contribution in [0.3, 0.4) is 0 Å². The van der Waals surface area contributed by atoms with Gasteiger partial charge in [0.15, 0.2) is 0 Å². The van der Waals surface area contributed by atoms with Gasteiger partial charge in [0, 0.05) is 24.4 Å². The van der Waals surface area contributed by atoms with Crippen LogP contribution in [0.2, 0.25) is 0 Å². The Labute approximate surface area is 164 Å². The topological polar surface area (TPSA) is 79.1 Å². The van der Waals surface area contributed by atoms with Crippen LogP contribution in [0.15, 0.2) is 23.1 Å². The zero-order valence-electron chi connectivity index (χ0n) is 17.2. The van der Waals surface area contributed by atoms with E-state index in [4.69, 9.17) is 9.47 Å². The van der Waals surface area contributed by atoms with Gasteiger partial charge in [-0.1, -0.05) is 6.92 Å². The fourth-order valence-corrected chi connectivity index (χ4v) is 3.50. The molecule has 3 aromatic heterocycles. The molecule has 7 heteroatoms. The molecule has 28 heavy (non-hydrogen) atoms. The van der Waals surface area contributed by atoms with Crippen LogP contribution in [0.25, 0.3) is 22.3 Å². The van der Waals surface area contributed by atoms with Crippen LogP contribution < -0.4 is 10.3 Å². The molecule has 0 aliphatic rings. The van der Waals surface area contributed by atoms with Gasteiger partial charge in [0.25, 0.3) is 5.56 Å². The number of methoxy groups -OCH3 is 2. The van der Waals surface area contributed by atoms with E-state index < -0.39 is 0 Å². The van der Waals surface area contributed by atoms with Gasteiger partial charge in [0.05, 0.1) is 36.7 Å². The zero-order chi connectivity index (χ0) is 20.4. The Hall–Kier alpha value is -2.80. The van der Waals surface area contributed by atoms with Crippen molar-refractivity contribution in [3.05, 3.63) is 45.6 Å².